The minimum atomic E-state index is -4.58. The molecule has 1 aromatic carbocycles. The highest BCUT2D eigenvalue weighted by atomic mass is 19.4. The van der Waals surface area contributed by atoms with E-state index in [4.69, 9.17) is 9.15 Å². The summed E-state index contributed by atoms with van der Waals surface area (Å²) in [6.45, 7) is 2.97. The normalized spacial score (nSPS) is 25.2. The molecule has 1 N–H and O–H groups in total. The van der Waals surface area contributed by atoms with Crippen LogP contribution in [0.15, 0.2) is 28.2 Å². The molecule has 5 aliphatic rings. The quantitative estimate of drug-likeness (QED) is 0.465. The molecular weight excluding hydrogens is 492 g/mol. The number of carbonyl (C=O) groups excluding carboxylic acids is 1. The number of hydrogen-bond donors (Lipinski definition) is 1. The third-order valence-corrected chi connectivity index (χ3v) is 8.28. The van der Waals surface area contributed by atoms with E-state index in [1.165, 1.54) is 11.6 Å². The number of hydrogen-bond acceptors (Lipinski definition) is 6. The molecular formula is C26H26F4N4O3. The summed E-state index contributed by atoms with van der Waals surface area (Å²) in [7, 11) is 0. The topological polar surface area (TPSA) is 70.8 Å². The van der Waals surface area contributed by atoms with E-state index in [0.717, 1.165) is 24.8 Å². The van der Waals surface area contributed by atoms with Gasteiger partial charge in [-0.05, 0) is 49.3 Å². The molecule has 0 bridgehead atoms. The SMILES string of the molecule is O=C(Nc1cc(F)c2c(c1)CCN2C1C=C2CC2C1)c1nc(N2CCC3(COC3)C2)oc1CC(F)(F)F. The van der Waals surface area contributed by atoms with Gasteiger partial charge >= 0.3 is 6.18 Å². The Balaban J connectivity index is 1.13. The lowest BCUT2D eigenvalue weighted by molar-refractivity contribution is -0.130. The predicted molar refractivity (Wildman–Crippen MR) is 126 cm³/mol. The summed E-state index contributed by atoms with van der Waals surface area (Å²) in [6.07, 6.45) is -0.162. The number of rotatable bonds is 5. The summed E-state index contributed by atoms with van der Waals surface area (Å²) >= 11 is 0. The highest BCUT2D eigenvalue weighted by Crippen LogP contribution is 2.50. The average Bonchev–Trinajstić information content (AvgIpc) is 3.29. The van der Waals surface area contributed by atoms with Crippen molar-refractivity contribution in [3.05, 3.63) is 46.6 Å². The first-order valence-corrected chi connectivity index (χ1v) is 12.7. The Morgan fingerprint density at radius 2 is 2.08 bits per heavy atom. The summed E-state index contributed by atoms with van der Waals surface area (Å²) < 4.78 is 65.8. The molecule has 2 saturated heterocycles. The lowest BCUT2D eigenvalue weighted by atomic mass is 9.85. The van der Waals surface area contributed by atoms with Crippen LogP contribution in [0.5, 0.6) is 0 Å². The Hall–Kier alpha value is -3.08. The van der Waals surface area contributed by atoms with Crippen molar-refractivity contribution in [2.75, 3.05) is 48.0 Å². The first kappa shape index (κ1) is 23.1. The molecule has 196 valence electrons. The molecule has 1 spiro atoms. The van der Waals surface area contributed by atoms with Crippen LogP contribution in [0.2, 0.25) is 0 Å². The van der Waals surface area contributed by atoms with E-state index in [2.05, 4.69) is 21.3 Å². The van der Waals surface area contributed by atoms with E-state index >= 15 is 4.39 Å². The van der Waals surface area contributed by atoms with Gasteiger partial charge in [0.15, 0.2) is 5.69 Å². The van der Waals surface area contributed by atoms with E-state index < -0.39 is 35.8 Å². The summed E-state index contributed by atoms with van der Waals surface area (Å²) in [6, 6.07) is 3.11. The molecule has 11 heteroatoms. The number of oxazole rings is 1. The highest BCUT2D eigenvalue weighted by molar-refractivity contribution is 6.04. The number of benzene rings is 1. The molecule has 7 rings (SSSR count). The lowest BCUT2D eigenvalue weighted by Crippen LogP contribution is -2.44. The molecule has 1 amide bonds. The van der Waals surface area contributed by atoms with Gasteiger partial charge in [-0.15, -0.1) is 0 Å². The summed E-state index contributed by atoms with van der Waals surface area (Å²) in [5, 5.41) is 2.56. The number of amides is 1. The van der Waals surface area contributed by atoms with Gasteiger partial charge in [-0.3, -0.25) is 4.79 Å². The van der Waals surface area contributed by atoms with Gasteiger partial charge in [-0.25, -0.2) is 4.39 Å². The number of nitrogens with one attached hydrogen (secondary N) is 1. The van der Waals surface area contributed by atoms with Crippen molar-refractivity contribution in [1.29, 1.82) is 0 Å². The van der Waals surface area contributed by atoms with Crippen molar-refractivity contribution in [1.82, 2.24) is 4.98 Å². The number of ether oxygens (including phenoxy) is 1. The number of carbonyl (C=O) groups is 1. The van der Waals surface area contributed by atoms with Gasteiger partial charge in [-0.2, -0.15) is 18.2 Å². The van der Waals surface area contributed by atoms with Gasteiger partial charge in [0.1, 0.15) is 18.0 Å². The fourth-order valence-corrected chi connectivity index (χ4v) is 6.28. The molecule has 3 aliphatic heterocycles. The summed E-state index contributed by atoms with van der Waals surface area (Å²) in [5.41, 5.74) is 2.49. The first-order chi connectivity index (χ1) is 17.7. The maximum absolute atomic E-state index is 15.2. The van der Waals surface area contributed by atoms with Crippen LogP contribution < -0.4 is 15.1 Å². The minimum absolute atomic E-state index is 0.00678. The van der Waals surface area contributed by atoms with Crippen LogP contribution in [0, 0.1) is 17.2 Å². The van der Waals surface area contributed by atoms with Crippen molar-refractivity contribution >= 4 is 23.3 Å². The Labute approximate surface area is 210 Å². The van der Waals surface area contributed by atoms with Crippen molar-refractivity contribution < 1.29 is 31.5 Å². The van der Waals surface area contributed by atoms with Gasteiger partial charge < -0.3 is 24.3 Å². The van der Waals surface area contributed by atoms with E-state index in [0.29, 0.717) is 50.9 Å². The molecule has 1 saturated carbocycles. The van der Waals surface area contributed by atoms with Crippen LogP contribution >= 0.6 is 0 Å². The fraction of sp³-hybridized carbons (Fsp3) is 0.538. The second-order valence-electron chi connectivity index (χ2n) is 11.0. The third-order valence-electron chi connectivity index (χ3n) is 8.28. The number of anilines is 3. The molecule has 7 nitrogen and oxygen atoms in total. The molecule has 2 atom stereocenters. The molecule has 2 unspecified atom stereocenters. The van der Waals surface area contributed by atoms with Crippen LogP contribution in [0.3, 0.4) is 0 Å². The van der Waals surface area contributed by atoms with E-state index in [9.17, 15) is 18.0 Å². The van der Waals surface area contributed by atoms with Crippen molar-refractivity contribution in [3.63, 3.8) is 0 Å². The largest absolute Gasteiger partial charge is 0.427 e. The monoisotopic (exact) mass is 518 g/mol. The molecule has 1 aromatic heterocycles. The number of halogens is 4. The van der Waals surface area contributed by atoms with Crippen LogP contribution in [-0.4, -0.2) is 56.0 Å². The van der Waals surface area contributed by atoms with Gasteiger partial charge in [0.2, 0.25) is 0 Å². The van der Waals surface area contributed by atoms with E-state index in [1.807, 2.05) is 0 Å². The zero-order valence-corrected chi connectivity index (χ0v) is 20.0. The average molecular weight is 519 g/mol. The second-order valence-corrected chi connectivity index (χ2v) is 11.0. The van der Waals surface area contributed by atoms with Gasteiger partial charge in [-0.1, -0.05) is 11.6 Å². The smallest absolute Gasteiger partial charge is 0.396 e. The van der Waals surface area contributed by atoms with Crippen LogP contribution in [0.25, 0.3) is 0 Å². The van der Waals surface area contributed by atoms with Gasteiger partial charge in [0.05, 0.1) is 18.9 Å². The number of aromatic nitrogens is 1. The summed E-state index contributed by atoms with van der Waals surface area (Å²) in [5.74, 6) is -1.22. The van der Waals surface area contributed by atoms with Gasteiger partial charge in [0, 0.05) is 36.8 Å². The Morgan fingerprint density at radius 1 is 1.24 bits per heavy atom. The highest BCUT2D eigenvalue weighted by Gasteiger charge is 2.46. The van der Waals surface area contributed by atoms with Crippen LogP contribution in [0.1, 0.15) is 41.1 Å². The molecule has 2 aliphatic carbocycles. The number of fused-ring (bicyclic) bond motifs is 2. The Morgan fingerprint density at radius 3 is 2.76 bits per heavy atom. The second kappa shape index (κ2) is 7.96. The van der Waals surface area contributed by atoms with E-state index in [-0.39, 0.29) is 23.2 Å². The molecule has 0 radical (unpaired) electrons. The zero-order chi connectivity index (χ0) is 25.5. The Bertz CT molecular complexity index is 1320. The molecule has 4 heterocycles. The minimum Gasteiger partial charge on any atom is -0.427 e. The first-order valence-electron chi connectivity index (χ1n) is 12.7. The molecule has 3 fully saturated rings. The van der Waals surface area contributed by atoms with Crippen LogP contribution in [0.4, 0.5) is 35.0 Å². The van der Waals surface area contributed by atoms with Crippen molar-refractivity contribution in [2.45, 2.75) is 44.3 Å². The molecule has 37 heavy (non-hydrogen) atoms. The maximum Gasteiger partial charge on any atom is 0.396 e. The zero-order valence-electron chi connectivity index (χ0n) is 20.0. The van der Waals surface area contributed by atoms with Gasteiger partial charge in [0.25, 0.3) is 11.9 Å². The number of alkyl halides is 3. The third kappa shape index (κ3) is 4.07. The molecule has 2 aromatic rings. The van der Waals surface area contributed by atoms with Crippen molar-refractivity contribution in [3.8, 4) is 0 Å². The maximum atomic E-state index is 15.2. The van der Waals surface area contributed by atoms with Crippen molar-refractivity contribution in [2.24, 2.45) is 11.3 Å². The number of nitrogens with zero attached hydrogens (tertiary/aromatic N) is 3. The standard InChI is InChI=1S/C26H26F4N4O3/c27-19-9-17(6-14-1-3-34(22(14)19)18-7-15-5-16(15)8-18)31-23(35)21-20(10-26(28,29)30)37-24(32-21)33-4-2-25(11-33)12-36-13-25/h6-7,9,16,18H,1-5,8,10-13H2,(H,31,35). The summed E-state index contributed by atoms with van der Waals surface area (Å²) in [4.78, 5) is 21.1. The number of allylic oxidation sites excluding steroid dienone is 1. The Kier molecular flexibility index (Phi) is 4.96. The predicted octanol–water partition coefficient (Wildman–Crippen LogP) is 4.48. The van der Waals surface area contributed by atoms with Crippen LogP contribution in [-0.2, 0) is 17.6 Å². The fourth-order valence-electron chi connectivity index (χ4n) is 6.28. The van der Waals surface area contributed by atoms with E-state index in [1.54, 1.807) is 11.0 Å². The lowest BCUT2D eigenvalue weighted by Gasteiger charge is -2.37.